The van der Waals surface area contributed by atoms with Gasteiger partial charge in [0.15, 0.2) is 0 Å². The fraction of sp³-hybridized carbons (Fsp3) is 0.667. The molecule has 1 aromatic carbocycles. The predicted molar refractivity (Wildman–Crippen MR) is 85.7 cm³/mol. The molecule has 0 bridgehead atoms. The smallest absolute Gasteiger partial charge is 0.123 e. The number of rotatable bonds is 10. The highest BCUT2D eigenvalue weighted by atomic mass is 19.1. The van der Waals surface area contributed by atoms with Gasteiger partial charge in [-0.15, -0.1) is 0 Å². The number of hydrogen-bond donors (Lipinski definition) is 1. The van der Waals surface area contributed by atoms with Crippen molar-refractivity contribution in [2.45, 2.75) is 71.3 Å². The molecule has 1 atom stereocenters. The van der Waals surface area contributed by atoms with Gasteiger partial charge in [0.1, 0.15) is 5.82 Å². The van der Waals surface area contributed by atoms with Gasteiger partial charge < -0.3 is 5.32 Å². The maximum absolute atomic E-state index is 13.0. The summed E-state index contributed by atoms with van der Waals surface area (Å²) in [6.45, 7) is 7.57. The van der Waals surface area contributed by atoms with Gasteiger partial charge in [-0.2, -0.15) is 0 Å². The van der Waals surface area contributed by atoms with E-state index in [4.69, 9.17) is 0 Å². The molecule has 2 heteroatoms. The summed E-state index contributed by atoms with van der Waals surface area (Å²) in [5.41, 5.74) is 1.26. The molecule has 20 heavy (non-hydrogen) atoms. The number of benzene rings is 1. The zero-order chi connectivity index (χ0) is 14.8. The van der Waals surface area contributed by atoms with Crippen molar-refractivity contribution in [2.75, 3.05) is 6.54 Å². The van der Waals surface area contributed by atoms with Crippen LogP contribution in [0.1, 0.15) is 70.8 Å². The highest BCUT2D eigenvalue weighted by Gasteiger charge is 2.12. The lowest BCUT2D eigenvalue weighted by molar-refractivity contribution is 0.483. The Balaban J connectivity index is 2.49. The van der Waals surface area contributed by atoms with Crippen molar-refractivity contribution >= 4 is 0 Å². The van der Waals surface area contributed by atoms with Crippen molar-refractivity contribution in [3.63, 3.8) is 0 Å². The fourth-order valence-electron chi connectivity index (χ4n) is 2.49. The van der Waals surface area contributed by atoms with E-state index >= 15 is 0 Å². The Labute approximate surface area is 124 Å². The normalized spacial score (nSPS) is 12.8. The second-order valence-corrected chi connectivity index (χ2v) is 6.01. The molecule has 0 fully saturated rings. The zero-order valence-corrected chi connectivity index (χ0v) is 13.3. The Kier molecular flexibility index (Phi) is 8.52. The molecule has 1 unspecified atom stereocenters. The van der Waals surface area contributed by atoms with Gasteiger partial charge in [-0.25, -0.2) is 4.39 Å². The molecule has 1 nitrogen and oxygen atoms in total. The van der Waals surface area contributed by atoms with E-state index in [1.807, 2.05) is 12.1 Å². The maximum Gasteiger partial charge on any atom is 0.123 e. The van der Waals surface area contributed by atoms with Crippen LogP contribution in [0.5, 0.6) is 0 Å². The van der Waals surface area contributed by atoms with Crippen LogP contribution < -0.4 is 5.32 Å². The minimum atomic E-state index is -0.146. The minimum Gasteiger partial charge on any atom is -0.314 e. The minimum absolute atomic E-state index is 0.146. The average Bonchev–Trinajstić information content (AvgIpc) is 2.43. The van der Waals surface area contributed by atoms with Crippen LogP contribution in [0.4, 0.5) is 4.39 Å². The number of nitrogens with one attached hydrogen (secondary N) is 1. The van der Waals surface area contributed by atoms with Crippen molar-refractivity contribution < 1.29 is 4.39 Å². The molecule has 0 saturated carbocycles. The second-order valence-electron chi connectivity index (χ2n) is 6.01. The van der Waals surface area contributed by atoms with Gasteiger partial charge in [-0.3, -0.25) is 0 Å². The van der Waals surface area contributed by atoms with Crippen molar-refractivity contribution in [1.29, 1.82) is 0 Å². The standard InChI is InChI=1S/C18H30FN/c1-4-5-6-7-8-9-17(14-20-15(2)3)16-10-12-18(19)13-11-16/h10-13,15,17,20H,4-9,14H2,1-3H3. The highest BCUT2D eigenvalue weighted by molar-refractivity contribution is 5.20. The van der Waals surface area contributed by atoms with E-state index in [1.165, 1.54) is 44.1 Å². The summed E-state index contributed by atoms with van der Waals surface area (Å²) < 4.78 is 13.0. The predicted octanol–water partition coefficient (Wildman–Crippen LogP) is 5.27. The largest absolute Gasteiger partial charge is 0.314 e. The Morgan fingerprint density at radius 2 is 1.65 bits per heavy atom. The van der Waals surface area contributed by atoms with Crippen LogP contribution in [0.3, 0.4) is 0 Å². The molecule has 0 aliphatic rings. The van der Waals surface area contributed by atoms with Crippen molar-refractivity contribution in [2.24, 2.45) is 0 Å². The van der Waals surface area contributed by atoms with Crippen LogP contribution in [0.25, 0.3) is 0 Å². The quantitative estimate of drug-likeness (QED) is 0.575. The van der Waals surface area contributed by atoms with Crippen molar-refractivity contribution in [1.82, 2.24) is 5.32 Å². The lowest BCUT2D eigenvalue weighted by Crippen LogP contribution is -2.28. The molecule has 1 rings (SSSR count). The summed E-state index contributed by atoms with van der Waals surface area (Å²) in [4.78, 5) is 0. The molecule has 0 radical (unpaired) electrons. The molecular weight excluding hydrogens is 249 g/mol. The Bertz CT molecular complexity index is 345. The van der Waals surface area contributed by atoms with Crippen LogP contribution in [0.2, 0.25) is 0 Å². The third-order valence-electron chi connectivity index (χ3n) is 3.77. The van der Waals surface area contributed by atoms with Gasteiger partial charge in [0.2, 0.25) is 0 Å². The molecule has 0 spiro atoms. The first-order valence-electron chi connectivity index (χ1n) is 8.12. The molecular formula is C18H30FN. The first-order valence-corrected chi connectivity index (χ1v) is 8.12. The number of hydrogen-bond acceptors (Lipinski definition) is 1. The molecule has 1 aromatic rings. The van der Waals surface area contributed by atoms with E-state index in [-0.39, 0.29) is 5.82 Å². The van der Waals surface area contributed by atoms with E-state index in [0.29, 0.717) is 12.0 Å². The van der Waals surface area contributed by atoms with E-state index < -0.39 is 0 Å². The second kappa shape index (κ2) is 9.93. The molecule has 0 heterocycles. The first kappa shape index (κ1) is 17.2. The first-order chi connectivity index (χ1) is 9.63. The third kappa shape index (κ3) is 7.04. The van der Waals surface area contributed by atoms with Gasteiger partial charge in [0.05, 0.1) is 0 Å². The van der Waals surface area contributed by atoms with Gasteiger partial charge in [0, 0.05) is 12.6 Å². The summed E-state index contributed by atoms with van der Waals surface area (Å²) in [7, 11) is 0. The summed E-state index contributed by atoms with van der Waals surface area (Å²) in [6, 6.07) is 7.53. The van der Waals surface area contributed by atoms with Gasteiger partial charge >= 0.3 is 0 Å². The Morgan fingerprint density at radius 3 is 2.25 bits per heavy atom. The average molecular weight is 279 g/mol. The monoisotopic (exact) mass is 279 g/mol. The van der Waals surface area contributed by atoms with Gasteiger partial charge in [-0.1, -0.05) is 65.0 Å². The molecule has 0 saturated heterocycles. The third-order valence-corrected chi connectivity index (χ3v) is 3.77. The van der Waals surface area contributed by atoms with E-state index in [2.05, 4.69) is 26.1 Å². The van der Waals surface area contributed by atoms with Crippen molar-refractivity contribution in [3.05, 3.63) is 35.6 Å². The van der Waals surface area contributed by atoms with E-state index in [1.54, 1.807) is 12.1 Å². The van der Waals surface area contributed by atoms with Crippen LogP contribution in [-0.2, 0) is 0 Å². The van der Waals surface area contributed by atoms with Crippen LogP contribution >= 0.6 is 0 Å². The van der Waals surface area contributed by atoms with Crippen LogP contribution in [0, 0.1) is 5.82 Å². The summed E-state index contributed by atoms with van der Waals surface area (Å²) in [5, 5.41) is 3.52. The molecule has 114 valence electrons. The topological polar surface area (TPSA) is 12.0 Å². The molecule has 1 N–H and O–H groups in total. The lowest BCUT2D eigenvalue weighted by atomic mass is 9.92. The molecule has 0 aromatic heterocycles. The Morgan fingerprint density at radius 1 is 1.00 bits per heavy atom. The maximum atomic E-state index is 13.0. The van der Waals surface area contributed by atoms with Gasteiger partial charge in [-0.05, 0) is 30.0 Å². The van der Waals surface area contributed by atoms with Crippen LogP contribution in [0.15, 0.2) is 24.3 Å². The summed E-state index contributed by atoms with van der Waals surface area (Å²) in [6.07, 6.45) is 7.73. The van der Waals surface area contributed by atoms with Crippen LogP contribution in [-0.4, -0.2) is 12.6 Å². The van der Waals surface area contributed by atoms with Crippen molar-refractivity contribution in [3.8, 4) is 0 Å². The fourth-order valence-corrected chi connectivity index (χ4v) is 2.49. The van der Waals surface area contributed by atoms with E-state index in [0.717, 1.165) is 6.54 Å². The van der Waals surface area contributed by atoms with E-state index in [9.17, 15) is 4.39 Å². The SMILES string of the molecule is CCCCCCCC(CNC(C)C)c1ccc(F)cc1. The molecule has 0 aliphatic heterocycles. The number of unbranched alkanes of at least 4 members (excludes halogenated alkanes) is 4. The molecule has 0 aliphatic carbocycles. The lowest BCUT2D eigenvalue weighted by Gasteiger charge is -2.20. The summed E-state index contributed by atoms with van der Waals surface area (Å²) in [5.74, 6) is 0.354. The summed E-state index contributed by atoms with van der Waals surface area (Å²) >= 11 is 0. The van der Waals surface area contributed by atoms with Gasteiger partial charge in [0.25, 0.3) is 0 Å². The number of halogens is 1. The highest BCUT2D eigenvalue weighted by Crippen LogP contribution is 2.23. The zero-order valence-electron chi connectivity index (χ0n) is 13.3. The Hall–Kier alpha value is -0.890. The molecule has 0 amide bonds.